The quantitative estimate of drug-likeness (QED) is 0.316. The molecular weight excluding hydrogens is 458 g/mol. The highest BCUT2D eigenvalue weighted by Gasteiger charge is 2.41. The fraction of sp³-hybridized carbons (Fsp3) is 0.538. The molecule has 1 aromatic heterocycles. The Morgan fingerprint density at radius 2 is 1.68 bits per heavy atom. The van der Waals surface area contributed by atoms with Crippen LogP contribution < -0.4 is 0 Å². The van der Waals surface area contributed by atoms with Crippen LogP contribution in [-0.2, 0) is 25.5 Å². The minimum absolute atomic E-state index is 0.279. The summed E-state index contributed by atoms with van der Waals surface area (Å²) in [6, 6.07) is 10.2. The van der Waals surface area contributed by atoms with E-state index >= 15 is 0 Å². The topological polar surface area (TPSA) is 98.0 Å². The molecule has 2 unspecified atom stereocenters. The van der Waals surface area contributed by atoms with Crippen LogP contribution in [0.5, 0.6) is 0 Å². The number of aliphatic hydroxyl groups excluding tert-OH is 1. The molecule has 1 heterocycles. The molecule has 0 amide bonds. The summed E-state index contributed by atoms with van der Waals surface area (Å²) in [5.41, 5.74) is 2.57. The number of carbonyl (C=O) groups is 2. The molecule has 0 fully saturated rings. The Labute approximate surface area is 206 Å². The molecule has 0 aliphatic carbocycles. The van der Waals surface area contributed by atoms with Crippen LogP contribution >= 0.6 is 11.6 Å². The maximum absolute atomic E-state index is 11.9. The van der Waals surface area contributed by atoms with Crippen molar-refractivity contribution >= 4 is 23.5 Å². The van der Waals surface area contributed by atoms with Crippen LogP contribution in [0.1, 0.15) is 61.9 Å². The zero-order valence-electron chi connectivity index (χ0n) is 20.5. The number of aryl methyl sites for hydroxylation is 3. The molecule has 2 N–H and O–H groups in total. The first-order valence-corrected chi connectivity index (χ1v) is 12.0. The molecule has 2 atom stereocenters. The molecule has 0 spiro atoms. The average molecular weight is 494 g/mol. The average Bonchev–Trinajstić information content (AvgIpc) is 3.13. The van der Waals surface area contributed by atoms with Gasteiger partial charge in [0.15, 0.2) is 5.60 Å². The van der Waals surface area contributed by atoms with Gasteiger partial charge in [0.2, 0.25) is 0 Å². The first-order chi connectivity index (χ1) is 16.1. The highest BCUT2D eigenvalue weighted by Crippen LogP contribution is 2.26. The number of methoxy groups -OCH3 is 2. The Kier molecular flexibility index (Phi) is 10.6. The van der Waals surface area contributed by atoms with E-state index in [2.05, 4.69) is 46.1 Å². The second-order valence-corrected chi connectivity index (χ2v) is 9.25. The normalized spacial score (nSPS) is 13.9. The van der Waals surface area contributed by atoms with Crippen molar-refractivity contribution in [3.63, 3.8) is 0 Å². The first kappa shape index (κ1) is 27.9. The molecule has 2 rings (SSSR count). The fourth-order valence-corrected chi connectivity index (χ4v) is 4.44. The van der Waals surface area contributed by atoms with Gasteiger partial charge < -0.3 is 24.3 Å². The Hall–Kier alpha value is -2.35. The van der Waals surface area contributed by atoms with E-state index in [1.807, 2.05) is 12.1 Å². The third-order valence-corrected chi connectivity index (χ3v) is 6.33. The number of carbonyl (C=O) groups excluding carboxylic acids is 2. The van der Waals surface area contributed by atoms with E-state index < -0.39 is 30.1 Å². The zero-order chi connectivity index (χ0) is 25.3. The molecule has 0 bridgehead atoms. The molecule has 0 saturated heterocycles. The van der Waals surface area contributed by atoms with Crippen LogP contribution in [0.15, 0.2) is 30.3 Å². The summed E-state index contributed by atoms with van der Waals surface area (Å²) in [6.45, 7) is 4.16. The number of nitrogens with zero attached hydrogens (tertiary/aromatic N) is 1. The summed E-state index contributed by atoms with van der Waals surface area (Å²) < 4.78 is 11.4. The van der Waals surface area contributed by atoms with Gasteiger partial charge in [-0.25, -0.2) is 4.79 Å². The third kappa shape index (κ3) is 7.58. The number of hydrogen-bond acceptors (Lipinski definition) is 6. The van der Waals surface area contributed by atoms with Crippen molar-refractivity contribution in [3.8, 4) is 5.69 Å². The maximum atomic E-state index is 11.9. The van der Waals surface area contributed by atoms with E-state index in [9.17, 15) is 19.8 Å². The lowest BCUT2D eigenvalue weighted by Crippen LogP contribution is -2.44. The van der Waals surface area contributed by atoms with Gasteiger partial charge in [0.1, 0.15) is 0 Å². The van der Waals surface area contributed by atoms with E-state index in [0.29, 0.717) is 11.4 Å². The second-order valence-electron chi connectivity index (χ2n) is 8.81. The van der Waals surface area contributed by atoms with Crippen molar-refractivity contribution in [2.24, 2.45) is 0 Å². The van der Waals surface area contributed by atoms with Crippen molar-refractivity contribution in [1.29, 1.82) is 0 Å². The molecule has 34 heavy (non-hydrogen) atoms. The second kappa shape index (κ2) is 12.9. The van der Waals surface area contributed by atoms with Gasteiger partial charge in [-0.1, -0.05) is 36.9 Å². The predicted molar refractivity (Wildman–Crippen MR) is 131 cm³/mol. The SMILES string of the molecule is COC(=O)CC(O)(CC(O)CCCCCCc1ccc(Cl)cc1-n1c(C)ccc1C)C(=O)OC. The van der Waals surface area contributed by atoms with E-state index in [-0.39, 0.29) is 6.42 Å². The molecule has 2 aromatic rings. The number of ether oxygens (including phenoxy) is 2. The van der Waals surface area contributed by atoms with Crippen molar-refractivity contribution in [2.45, 2.75) is 76.9 Å². The van der Waals surface area contributed by atoms with Gasteiger partial charge in [0, 0.05) is 22.8 Å². The van der Waals surface area contributed by atoms with Crippen LogP contribution in [-0.4, -0.2) is 52.6 Å². The van der Waals surface area contributed by atoms with Crippen molar-refractivity contribution in [2.75, 3.05) is 14.2 Å². The van der Waals surface area contributed by atoms with E-state index in [1.165, 1.54) is 12.7 Å². The smallest absolute Gasteiger partial charge is 0.338 e. The van der Waals surface area contributed by atoms with Gasteiger partial charge in [-0.3, -0.25) is 4.79 Å². The Bertz CT molecular complexity index is 953. The van der Waals surface area contributed by atoms with Gasteiger partial charge in [-0.05, 0) is 62.9 Å². The van der Waals surface area contributed by atoms with Gasteiger partial charge in [0.25, 0.3) is 0 Å². The highest BCUT2D eigenvalue weighted by atomic mass is 35.5. The third-order valence-electron chi connectivity index (χ3n) is 6.10. The Morgan fingerprint density at radius 1 is 1.03 bits per heavy atom. The number of benzene rings is 1. The van der Waals surface area contributed by atoms with Crippen LogP contribution in [0.4, 0.5) is 0 Å². The van der Waals surface area contributed by atoms with Gasteiger partial charge >= 0.3 is 11.9 Å². The lowest BCUT2D eigenvalue weighted by atomic mass is 9.90. The van der Waals surface area contributed by atoms with Gasteiger partial charge in [-0.2, -0.15) is 0 Å². The number of unbranched alkanes of at least 4 members (excludes halogenated alkanes) is 3. The van der Waals surface area contributed by atoms with Crippen LogP contribution in [0.2, 0.25) is 5.02 Å². The maximum Gasteiger partial charge on any atom is 0.338 e. The molecule has 7 nitrogen and oxygen atoms in total. The first-order valence-electron chi connectivity index (χ1n) is 11.6. The molecule has 0 radical (unpaired) electrons. The minimum Gasteiger partial charge on any atom is -0.469 e. The van der Waals surface area contributed by atoms with Crippen molar-refractivity contribution < 1.29 is 29.3 Å². The summed E-state index contributed by atoms with van der Waals surface area (Å²) in [5, 5.41) is 21.6. The van der Waals surface area contributed by atoms with E-state index in [1.54, 1.807) is 0 Å². The van der Waals surface area contributed by atoms with Crippen LogP contribution in [0.3, 0.4) is 0 Å². The monoisotopic (exact) mass is 493 g/mol. The fourth-order valence-electron chi connectivity index (χ4n) is 4.27. The molecule has 0 aliphatic heterocycles. The number of hydrogen-bond donors (Lipinski definition) is 2. The van der Waals surface area contributed by atoms with E-state index in [4.69, 9.17) is 11.6 Å². The molecular formula is C26H36ClNO6. The Morgan fingerprint density at radius 3 is 2.29 bits per heavy atom. The minimum atomic E-state index is -2.10. The Balaban J connectivity index is 1.84. The number of rotatable bonds is 13. The zero-order valence-corrected chi connectivity index (χ0v) is 21.2. The summed E-state index contributed by atoms with van der Waals surface area (Å²) >= 11 is 6.27. The lowest BCUT2D eigenvalue weighted by molar-refractivity contribution is -0.172. The van der Waals surface area contributed by atoms with Crippen LogP contribution in [0, 0.1) is 13.8 Å². The summed E-state index contributed by atoms with van der Waals surface area (Å²) in [7, 11) is 2.30. The molecule has 0 aliphatic rings. The largest absolute Gasteiger partial charge is 0.469 e. The van der Waals surface area contributed by atoms with Crippen LogP contribution in [0.25, 0.3) is 5.69 Å². The lowest BCUT2D eigenvalue weighted by Gasteiger charge is -2.26. The molecule has 8 heteroatoms. The summed E-state index contributed by atoms with van der Waals surface area (Å²) in [4.78, 5) is 23.5. The van der Waals surface area contributed by atoms with Crippen molar-refractivity contribution in [3.05, 3.63) is 52.3 Å². The van der Waals surface area contributed by atoms with Gasteiger partial charge in [0.05, 0.1) is 32.4 Å². The number of aliphatic hydroxyl groups is 2. The summed E-state index contributed by atoms with van der Waals surface area (Å²) in [5.74, 6) is -1.70. The van der Waals surface area contributed by atoms with Gasteiger partial charge in [-0.15, -0.1) is 0 Å². The standard InChI is InChI=1S/C26H36ClNO6/c1-18-11-12-19(2)28(18)23-15-21(27)14-13-20(23)9-7-5-6-8-10-22(29)16-26(32,25(31)34-4)17-24(30)33-3/h11-15,22,29,32H,5-10,16-17H2,1-4H3. The predicted octanol–water partition coefficient (Wildman–Crippen LogP) is 4.46. The number of aromatic nitrogens is 1. The summed E-state index contributed by atoms with van der Waals surface area (Å²) in [6.07, 6.45) is 3.14. The molecule has 188 valence electrons. The van der Waals surface area contributed by atoms with E-state index in [0.717, 1.165) is 56.3 Å². The number of halogens is 1. The molecule has 0 saturated carbocycles. The molecule has 1 aromatic carbocycles. The van der Waals surface area contributed by atoms with Crippen molar-refractivity contribution in [1.82, 2.24) is 4.57 Å². The highest BCUT2D eigenvalue weighted by molar-refractivity contribution is 6.30. The number of esters is 2.